The predicted molar refractivity (Wildman–Crippen MR) is 109 cm³/mol. The van der Waals surface area contributed by atoms with Crippen LogP contribution in [0.3, 0.4) is 0 Å². The molecule has 0 bridgehead atoms. The van der Waals surface area contributed by atoms with Crippen molar-refractivity contribution >= 4 is 10.0 Å². The molecule has 29 heavy (non-hydrogen) atoms. The molecule has 1 aliphatic heterocycles. The molecule has 1 aromatic carbocycles. The lowest BCUT2D eigenvalue weighted by Gasteiger charge is -2.23. The van der Waals surface area contributed by atoms with Crippen LogP contribution in [0, 0.1) is 5.92 Å². The van der Waals surface area contributed by atoms with Crippen molar-refractivity contribution in [1.29, 1.82) is 0 Å². The normalized spacial score (nSPS) is 16.4. The Morgan fingerprint density at radius 1 is 1.24 bits per heavy atom. The van der Waals surface area contributed by atoms with Gasteiger partial charge < -0.3 is 14.4 Å². The SMILES string of the molecule is COc1ccc(CN2CCc3nnc([C@H](NS(C)(=O)=O)C(C)C)n3CC2)c(O)c1. The van der Waals surface area contributed by atoms with Gasteiger partial charge in [-0.2, -0.15) is 0 Å². The second-order valence-corrected chi connectivity index (χ2v) is 9.54. The van der Waals surface area contributed by atoms with Crippen LogP contribution >= 0.6 is 0 Å². The van der Waals surface area contributed by atoms with E-state index in [0.717, 1.165) is 30.7 Å². The fourth-order valence-corrected chi connectivity index (χ4v) is 4.38. The maximum absolute atomic E-state index is 11.8. The number of hydrogen-bond acceptors (Lipinski definition) is 7. The van der Waals surface area contributed by atoms with Crippen molar-refractivity contribution < 1.29 is 18.3 Å². The number of benzene rings is 1. The molecule has 9 nitrogen and oxygen atoms in total. The minimum atomic E-state index is -3.37. The third-order valence-electron chi connectivity index (χ3n) is 5.12. The smallest absolute Gasteiger partial charge is 0.209 e. The van der Waals surface area contributed by atoms with E-state index in [-0.39, 0.29) is 11.7 Å². The van der Waals surface area contributed by atoms with E-state index in [2.05, 4.69) is 19.8 Å². The monoisotopic (exact) mass is 423 g/mol. The summed E-state index contributed by atoms with van der Waals surface area (Å²) in [6.07, 6.45) is 1.86. The number of methoxy groups -OCH3 is 1. The number of phenols is 1. The maximum Gasteiger partial charge on any atom is 0.209 e. The number of aromatic nitrogens is 3. The summed E-state index contributed by atoms with van der Waals surface area (Å²) in [5.74, 6) is 2.37. The molecule has 1 aromatic heterocycles. The first-order chi connectivity index (χ1) is 13.7. The second-order valence-electron chi connectivity index (χ2n) is 7.76. The zero-order valence-electron chi connectivity index (χ0n) is 17.3. The highest BCUT2D eigenvalue weighted by Crippen LogP contribution is 2.26. The molecule has 0 amide bonds. The van der Waals surface area contributed by atoms with Crippen LogP contribution in [0.1, 0.15) is 37.1 Å². The van der Waals surface area contributed by atoms with Crippen LogP contribution in [-0.4, -0.2) is 59.6 Å². The average molecular weight is 424 g/mol. The van der Waals surface area contributed by atoms with E-state index in [1.807, 2.05) is 30.5 Å². The third kappa shape index (κ3) is 5.26. The molecule has 0 unspecified atom stereocenters. The van der Waals surface area contributed by atoms with Crippen LogP contribution in [0.4, 0.5) is 0 Å². The van der Waals surface area contributed by atoms with E-state index in [9.17, 15) is 13.5 Å². The Kier molecular flexibility index (Phi) is 6.45. The third-order valence-corrected chi connectivity index (χ3v) is 5.80. The number of phenolic OH excluding ortho intramolecular Hbond substituents is 1. The van der Waals surface area contributed by atoms with Crippen molar-refractivity contribution in [1.82, 2.24) is 24.4 Å². The molecule has 2 aromatic rings. The van der Waals surface area contributed by atoms with Crippen LogP contribution in [0.25, 0.3) is 0 Å². The van der Waals surface area contributed by atoms with Crippen molar-refractivity contribution in [2.24, 2.45) is 5.92 Å². The number of sulfonamides is 1. The van der Waals surface area contributed by atoms with E-state index < -0.39 is 16.1 Å². The van der Waals surface area contributed by atoms with Gasteiger partial charge in [-0.25, -0.2) is 13.1 Å². The minimum Gasteiger partial charge on any atom is -0.507 e. The van der Waals surface area contributed by atoms with E-state index >= 15 is 0 Å². The van der Waals surface area contributed by atoms with Gasteiger partial charge in [0.2, 0.25) is 10.0 Å². The summed E-state index contributed by atoms with van der Waals surface area (Å²) in [5.41, 5.74) is 0.836. The van der Waals surface area contributed by atoms with Crippen LogP contribution in [0.15, 0.2) is 18.2 Å². The van der Waals surface area contributed by atoms with Crippen molar-refractivity contribution in [2.45, 2.75) is 39.4 Å². The van der Waals surface area contributed by atoms with E-state index in [0.29, 0.717) is 31.1 Å². The Balaban J connectivity index is 1.75. The first-order valence-electron chi connectivity index (χ1n) is 9.65. The topological polar surface area (TPSA) is 110 Å². The molecule has 2 heterocycles. The van der Waals surface area contributed by atoms with Gasteiger partial charge in [-0.15, -0.1) is 10.2 Å². The molecule has 1 atom stereocenters. The molecule has 160 valence electrons. The van der Waals surface area contributed by atoms with Gasteiger partial charge in [0.15, 0.2) is 5.82 Å². The molecule has 2 N–H and O–H groups in total. The molecular formula is C19H29N5O4S. The van der Waals surface area contributed by atoms with Crippen molar-refractivity contribution in [3.63, 3.8) is 0 Å². The molecule has 0 spiro atoms. The van der Waals surface area contributed by atoms with Gasteiger partial charge in [0, 0.05) is 44.2 Å². The number of nitrogens with one attached hydrogen (secondary N) is 1. The van der Waals surface area contributed by atoms with Gasteiger partial charge in [-0.1, -0.05) is 19.9 Å². The summed E-state index contributed by atoms with van der Waals surface area (Å²) in [6, 6.07) is 4.90. The molecule has 1 aliphatic rings. The highest BCUT2D eigenvalue weighted by Gasteiger charge is 2.28. The molecule has 0 saturated carbocycles. The van der Waals surface area contributed by atoms with Crippen LogP contribution in [0.2, 0.25) is 0 Å². The molecule has 0 radical (unpaired) electrons. The van der Waals surface area contributed by atoms with Gasteiger partial charge in [0.25, 0.3) is 0 Å². The van der Waals surface area contributed by atoms with Crippen LogP contribution in [-0.2, 0) is 29.5 Å². The lowest BCUT2D eigenvalue weighted by Crippen LogP contribution is -2.33. The van der Waals surface area contributed by atoms with Gasteiger partial charge >= 0.3 is 0 Å². The average Bonchev–Trinajstić information content (AvgIpc) is 2.94. The van der Waals surface area contributed by atoms with Crippen molar-refractivity contribution in [3.8, 4) is 11.5 Å². The molecular weight excluding hydrogens is 394 g/mol. The molecule has 0 aliphatic carbocycles. The van der Waals surface area contributed by atoms with Crippen molar-refractivity contribution in [2.75, 3.05) is 26.5 Å². The summed E-state index contributed by atoms with van der Waals surface area (Å²) >= 11 is 0. The lowest BCUT2D eigenvalue weighted by molar-refractivity contribution is 0.265. The van der Waals surface area contributed by atoms with E-state index in [1.165, 1.54) is 0 Å². The molecule has 0 fully saturated rings. The first-order valence-corrected chi connectivity index (χ1v) is 11.5. The highest BCUT2D eigenvalue weighted by molar-refractivity contribution is 7.88. The fourth-order valence-electron chi connectivity index (χ4n) is 3.54. The quantitative estimate of drug-likeness (QED) is 0.691. The zero-order chi connectivity index (χ0) is 21.2. The lowest BCUT2D eigenvalue weighted by atomic mass is 10.1. The van der Waals surface area contributed by atoms with Gasteiger partial charge in [0.05, 0.1) is 19.4 Å². The summed E-state index contributed by atoms with van der Waals surface area (Å²) in [4.78, 5) is 2.24. The van der Waals surface area contributed by atoms with Gasteiger partial charge in [-0.3, -0.25) is 4.90 Å². The number of hydrogen-bond donors (Lipinski definition) is 2. The molecule has 10 heteroatoms. The van der Waals surface area contributed by atoms with Crippen LogP contribution < -0.4 is 9.46 Å². The molecule has 3 rings (SSSR count). The van der Waals surface area contributed by atoms with E-state index in [4.69, 9.17) is 4.74 Å². The standard InChI is InChI=1S/C19H29N5O4S/c1-13(2)18(22-29(4,26)27)19-21-20-17-7-8-23(9-10-24(17)19)12-14-5-6-15(28-3)11-16(14)25/h5-6,11,13,18,22,25H,7-10,12H2,1-4H3/t18-/m1/s1. The van der Waals surface area contributed by atoms with E-state index in [1.54, 1.807) is 13.2 Å². The zero-order valence-corrected chi connectivity index (χ0v) is 18.1. The second kappa shape index (κ2) is 8.68. The fraction of sp³-hybridized carbons (Fsp3) is 0.579. The largest absolute Gasteiger partial charge is 0.507 e. The van der Waals surface area contributed by atoms with Crippen LogP contribution in [0.5, 0.6) is 11.5 Å². The highest BCUT2D eigenvalue weighted by atomic mass is 32.2. The Morgan fingerprint density at radius 2 is 2.00 bits per heavy atom. The Morgan fingerprint density at radius 3 is 2.62 bits per heavy atom. The minimum absolute atomic E-state index is 0.0358. The van der Waals surface area contributed by atoms with Gasteiger partial charge in [-0.05, 0) is 12.0 Å². The predicted octanol–water partition coefficient (Wildman–Crippen LogP) is 1.30. The number of rotatable bonds is 7. The van der Waals surface area contributed by atoms with Gasteiger partial charge in [0.1, 0.15) is 17.3 Å². The Labute approximate surface area is 171 Å². The Hall–Kier alpha value is -2.17. The van der Waals surface area contributed by atoms with Crippen molar-refractivity contribution in [3.05, 3.63) is 35.4 Å². The number of ether oxygens (including phenoxy) is 1. The summed E-state index contributed by atoms with van der Waals surface area (Å²) in [7, 11) is -1.80. The number of fused-ring (bicyclic) bond motifs is 1. The Bertz CT molecular complexity index is 958. The molecule has 0 saturated heterocycles. The summed E-state index contributed by atoms with van der Waals surface area (Å²) in [5, 5.41) is 18.9. The first kappa shape index (κ1) is 21.5. The number of aromatic hydroxyl groups is 1. The summed E-state index contributed by atoms with van der Waals surface area (Å²) in [6.45, 7) is 6.70. The summed E-state index contributed by atoms with van der Waals surface area (Å²) < 4.78 is 33.5. The number of nitrogens with zero attached hydrogens (tertiary/aromatic N) is 4. The maximum atomic E-state index is 11.8.